The van der Waals surface area contributed by atoms with Gasteiger partial charge in [0.15, 0.2) is 4.88 Å². The minimum Gasteiger partial charge on any atom is -0.382 e. The van der Waals surface area contributed by atoms with E-state index >= 15 is 0 Å². The fraction of sp³-hybridized carbons (Fsp3) is 0.368. The van der Waals surface area contributed by atoms with Crippen molar-refractivity contribution in [1.82, 2.24) is 25.3 Å². The van der Waals surface area contributed by atoms with Gasteiger partial charge in [-0.1, -0.05) is 23.4 Å². The molecular weight excluding hydrogens is 461 g/mol. The van der Waals surface area contributed by atoms with Gasteiger partial charge in [-0.25, -0.2) is 15.0 Å². The van der Waals surface area contributed by atoms with Gasteiger partial charge >= 0.3 is 4.47 Å². The van der Waals surface area contributed by atoms with Crippen LogP contribution < -0.4 is 16.8 Å². The number of nitrogens with two attached hydrogens (primary N) is 2. The quantitative estimate of drug-likeness (QED) is 0.482. The molecule has 0 amide bonds. The van der Waals surface area contributed by atoms with Crippen molar-refractivity contribution >= 4 is 51.3 Å². The molecule has 3 aromatic heterocycles. The molecule has 30 heavy (non-hydrogen) atoms. The Kier molecular flexibility index (Phi) is 5.37. The molecular formula is C19H20Cl2N7S2+. The van der Waals surface area contributed by atoms with Crippen molar-refractivity contribution in [3.63, 3.8) is 0 Å². The summed E-state index contributed by atoms with van der Waals surface area (Å²) >= 11 is 14.2. The lowest BCUT2D eigenvalue weighted by Crippen LogP contribution is -2.42. The van der Waals surface area contributed by atoms with Crippen molar-refractivity contribution in [2.75, 3.05) is 18.8 Å². The fourth-order valence-electron chi connectivity index (χ4n) is 4.28. The standard InChI is InChI=1S/C19H20Cl2N7S2/c20-14-11(1-4-25-17(14)23)29-12-8-27-13(9-26-12)30-15-10(28-18(30)21)7-19(16(15)22)2-5-24-6-3-19/h1,4,8-9,16,24H,2-3,5-7,22H2,(H2,23,25)/q+1/t16-,30?/m1/s1. The van der Waals surface area contributed by atoms with E-state index in [9.17, 15) is 0 Å². The Bertz CT molecular complexity index is 1100. The van der Waals surface area contributed by atoms with Crippen LogP contribution in [0.4, 0.5) is 5.82 Å². The third kappa shape index (κ3) is 3.37. The normalized spacial score (nSPS) is 20.5. The molecule has 1 fully saturated rings. The molecule has 7 nitrogen and oxygen atoms in total. The van der Waals surface area contributed by atoms with Gasteiger partial charge in [-0.05, 0) is 43.6 Å². The van der Waals surface area contributed by atoms with Gasteiger partial charge in [-0.3, -0.25) is 0 Å². The maximum atomic E-state index is 6.79. The fourth-order valence-corrected chi connectivity index (χ4v) is 7.81. The van der Waals surface area contributed by atoms with Gasteiger partial charge < -0.3 is 16.8 Å². The van der Waals surface area contributed by atoms with E-state index in [2.05, 4.69) is 25.3 Å². The zero-order valence-corrected chi connectivity index (χ0v) is 19.1. The van der Waals surface area contributed by atoms with Crippen LogP contribution in [0.3, 0.4) is 0 Å². The summed E-state index contributed by atoms with van der Waals surface area (Å²) in [5.74, 6) is 0.295. The number of nitrogens with zero attached hydrogens (tertiary/aromatic N) is 4. The van der Waals surface area contributed by atoms with Crippen molar-refractivity contribution in [2.24, 2.45) is 11.1 Å². The van der Waals surface area contributed by atoms with Crippen LogP contribution in [0, 0.1) is 5.41 Å². The van der Waals surface area contributed by atoms with Crippen molar-refractivity contribution < 1.29 is 0 Å². The molecule has 0 bridgehead atoms. The highest BCUT2D eigenvalue weighted by Gasteiger charge is 2.53. The molecule has 1 aliphatic carbocycles. The molecule has 156 valence electrons. The predicted octanol–water partition coefficient (Wildman–Crippen LogP) is 3.97. The Morgan fingerprint density at radius 2 is 1.97 bits per heavy atom. The number of pyridine rings is 1. The van der Waals surface area contributed by atoms with Crippen LogP contribution in [0.15, 0.2) is 34.6 Å². The Morgan fingerprint density at radius 3 is 2.70 bits per heavy atom. The Balaban J connectivity index is 1.44. The van der Waals surface area contributed by atoms with Gasteiger partial charge in [0.1, 0.15) is 22.7 Å². The van der Waals surface area contributed by atoms with Crippen molar-refractivity contribution in [1.29, 1.82) is 0 Å². The van der Waals surface area contributed by atoms with E-state index in [0.29, 0.717) is 20.3 Å². The topological polar surface area (TPSA) is 116 Å². The molecule has 2 aliphatic rings. The summed E-state index contributed by atoms with van der Waals surface area (Å²) in [5.41, 5.74) is 13.7. The van der Waals surface area contributed by atoms with Gasteiger partial charge in [0, 0.05) is 22.9 Å². The number of hydrogen-bond acceptors (Lipinski definition) is 8. The number of aromatic nitrogens is 4. The van der Waals surface area contributed by atoms with E-state index in [1.807, 2.05) is 0 Å². The number of halogens is 2. The number of thiazole rings is 1. The lowest BCUT2D eigenvalue weighted by molar-refractivity contribution is 0.174. The average molecular weight is 481 g/mol. The van der Waals surface area contributed by atoms with Crippen molar-refractivity contribution in [3.8, 4) is 5.03 Å². The minimum atomic E-state index is -0.551. The second-order valence-electron chi connectivity index (χ2n) is 7.55. The van der Waals surface area contributed by atoms with Crippen LogP contribution in [-0.4, -0.2) is 33.0 Å². The van der Waals surface area contributed by atoms with Gasteiger partial charge in [-0.2, -0.15) is 4.98 Å². The monoisotopic (exact) mass is 480 g/mol. The lowest BCUT2D eigenvalue weighted by atomic mass is 9.74. The number of nitrogen functional groups attached to an aromatic ring is 1. The summed E-state index contributed by atoms with van der Waals surface area (Å²) in [7, 11) is -0.551. The zero-order chi connectivity index (χ0) is 20.9. The number of fused-ring (bicyclic) bond motifs is 1. The summed E-state index contributed by atoms with van der Waals surface area (Å²) in [6.07, 6.45) is 8.12. The molecule has 4 heterocycles. The first-order valence-corrected chi connectivity index (χ1v) is 12.4. The van der Waals surface area contributed by atoms with Gasteiger partial charge in [0.25, 0.3) is 5.03 Å². The number of rotatable bonds is 3. The first-order valence-electron chi connectivity index (χ1n) is 9.56. The third-order valence-electron chi connectivity index (χ3n) is 5.87. The van der Waals surface area contributed by atoms with Crippen LogP contribution in [0.2, 0.25) is 9.49 Å². The minimum absolute atomic E-state index is 0.0487. The molecule has 1 spiro atoms. The van der Waals surface area contributed by atoms with E-state index in [-0.39, 0.29) is 11.5 Å². The molecule has 1 aliphatic heterocycles. The van der Waals surface area contributed by atoms with Crippen molar-refractivity contribution in [2.45, 2.75) is 35.2 Å². The molecule has 5 N–H and O–H groups in total. The van der Waals surface area contributed by atoms with Crippen LogP contribution >= 0.6 is 45.4 Å². The average Bonchev–Trinajstić information content (AvgIpc) is 3.19. The second kappa shape index (κ2) is 7.89. The predicted molar refractivity (Wildman–Crippen MR) is 122 cm³/mol. The molecule has 0 saturated carbocycles. The molecule has 0 aromatic carbocycles. The summed E-state index contributed by atoms with van der Waals surface area (Å²) in [6, 6.07) is 1.75. The smallest absolute Gasteiger partial charge is 0.345 e. The molecule has 2 atom stereocenters. The Labute approximate surface area is 191 Å². The highest BCUT2D eigenvalue weighted by atomic mass is 35.5. The maximum Gasteiger partial charge on any atom is 0.345 e. The van der Waals surface area contributed by atoms with E-state index in [1.165, 1.54) is 11.8 Å². The lowest BCUT2D eigenvalue weighted by Gasteiger charge is -2.36. The van der Waals surface area contributed by atoms with Gasteiger partial charge in [-0.15, -0.1) is 0 Å². The Morgan fingerprint density at radius 1 is 1.17 bits per heavy atom. The summed E-state index contributed by atoms with van der Waals surface area (Å²) < 4.78 is 0.555. The molecule has 1 unspecified atom stereocenters. The van der Waals surface area contributed by atoms with E-state index in [4.69, 9.17) is 34.7 Å². The third-order valence-corrected chi connectivity index (χ3v) is 9.89. The van der Waals surface area contributed by atoms with Crippen LogP contribution in [-0.2, 0) is 6.42 Å². The molecule has 0 radical (unpaired) electrons. The van der Waals surface area contributed by atoms with Gasteiger partial charge in [0.2, 0.25) is 0 Å². The largest absolute Gasteiger partial charge is 0.382 e. The SMILES string of the molecule is Nc1nccc(Sc2cnc(-[s+]3c(Cl)nc4c3[C@@H](N)C3(CCNCC3)C4)cn2)c1Cl. The summed E-state index contributed by atoms with van der Waals surface area (Å²) in [5, 5.41) is 5.35. The van der Waals surface area contributed by atoms with E-state index in [0.717, 1.165) is 52.8 Å². The molecule has 3 aromatic rings. The van der Waals surface area contributed by atoms with Crippen molar-refractivity contribution in [3.05, 3.63) is 44.7 Å². The molecule has 5 rings (SSSR count). The highest BCUT2D eigenvalue weighted by molar-refractivity contribution is 7.99. The van der Waals surface area contributed by atoms with Crippen LogP contribution in [0.1, 0.15) is 29.5 Å². The first-order chi connectivity index (χ1) is 14.5. The molecule has 11 heteroatoms. The number of hydrogen-bond donors (Lipinski definition) is 3. The maximum absolute atomic E-state index is 6.79. The summed E-state index contributed by atoms with van der Waals surface area (Å²) in [4.78, 5) is 19.8. The van der Waals surface area contributed by atoms with Crippen LogP contribution in [0.5, 0.6) is 0 Å². The summed E-state index contributed by atoms with van der Waals surface area (Å²) in [6.45, 7) is 1.99. The van der Waals surface area contributed by atoms with Crippen LogP contribution in [0.25, 0.3) is 5.03 Å². The van der Waals surface area contributed by atoms with E-state index < -0.39 is 10.5 Å². The first kappa shape index (κ1) is 20.4. The highest BCUT2D eigenvalue weighted by Crippen LogP contribution is 2.57. The number of piperidine rings is 1. The van der Waals surface area contributed by atoms with Gasteiger partial charge in [0.05, 0.1) is 27.7 Å². The van der Waals surface area contributed by atoms with E-state index in [1.54, 1.807) is 24.7 Å². The molecule has 1 saturated heterocycles. The number of nitrogens with one attached hydrogen (secondary N) is 1. The number of anilines is 1. The zero-order valence-electron chi connectivity index (χ0n) is 15.9. The second-order valence-corrected chi connectivity index (χ2v) is 11.4. The Hall–Kier alpha value is -1.49.